The average Bonchev–Trinajstić information content (AvgIpc) is 2.93. The van der Waals surface area contributed by atoms with Crippen LogP contribution in [-0.4, -0.2) is 27.4 Å². The zero-order valence-electron chi connectivity index (χ0n) is 11.1. The minimum atomic E-state index is -0.309. The Morgan fingerprint density at radius 3 is 2.43 bits per heavy atom. The number of aromatic amines is 2. The lowest BCUT2D eigenvalue weighted by Crippen LogP contribution is -2.06. The molecular formula is C14H12FN5O. The van der Waals surface area contributed by atoms with Crippen molar-refractivity contribution in [2.24, 2.45) is 0 Å². The van der Waals surface area contributed by atoms with E-state index in [1.165, 1.54) is 18.2 Å². The lowest BCUT2D eigenvalue weighted by molar-refractivity contribution is 0.628. The van der Waals surface area contributed by atoms with Crippen molar-refractivity contribution in [3.63, 3.8) is 0 Å². The van der Waals surface area contributed by atoms with Crippen LogP contribution in [0.2, 0.25) is 0 Å². The third-order valence-corrected chi connectivity index (χ3v) is 3.07. The van der Waals surface area contributed by atoms with Crippen molar-refractivity contribution in [1.82, 2.24) is 20.4 Å². The second-order valence-corrected chi connectivity index (χ2v) is 4.39. The number of aromatic nitrogens is 4. The zero-order valence-corrected chi connectivity index (χ0v) is 11.1. The molecule has 3 N–H and O–H groups in total. The number of benzene rings is 1. The topological polar surface area (TPSA) is 86.5 Å². The van der Waals surface area contributed by atoms with Gasteiger partial charge in [-0.1, -0.05) is 0 Å². The van der Waals surface area contributed by atoms with E-state index >= 15 is 0 Å². The van der Waals surface area contributed by atoms with E-state index in [2.05, 4.69) is 25.7 Å². The van der Waals surface area contributed by atoms with Gasteiger partial charge in [0.1, 0.15) is 5.82 Å². The smallest absolute Gasteiger partial charge is 0.264 e. The minimum Gasteiger partial charge on any atom is -0.371 e. The molecule has 0 spiro atoms. The highest BCUT2D eigenvalue weighted by Gasteiger charge is 2.17. The molecule has 0 aliphatic heterocycles. The number of H-pyrrole nitrogens is 2. The van der Waals surface area contributed by atoms with Crippen LogP contribution in [0.25, 0.3) is 22.5 Å². The Balaban J connectivity index is 2.18. The molecule has 3 aromatic rings. The standard InChI is InChI=1S/C14H12FN5O/c1-16-14-12(10-6-7-11(21)18-17-10)13(19-20-14)8-2-4-9(15)5-3-8/h2-7H,1H3,(H,18,21)(H2,16,19,20). The summed E-state index contributed by atoms with van der Waals surface area (Å²) in [7, 11) is 1.74. The van der Waals surface area contributed by atoms with Crippen LogP contribution in [0.1, 0.15) is 0 Å². The Morgan fingerprint density at radius 2 is 1.81 bits per heavy atom. The minimum absolute atomic E-state index is 0.281. The summed E-state index contributed by atoms with van der Waals surface area (Å²) in [4.78, 5) is 11.1. The molecule has 0 saturated heterocycles. The van der Waals surface area contributed by atoms with E-state index in [1.807, 2.05) is 0 Å². The van der Waals surface area contributed by atoms with Crippen molar-refractivity contribution in [1.29, 1.82) is 0 Å². The maximum absolute atomic E-state index is 13.1. The summed E-state index contributed by atoms with van der Waals surface area (Å²) >= 11 is 0. The molecule has 6 nitrogen and oxygen atoms in total. The molecule has 0 radical (unpaired) electrons. The van der Waals surface area contributed by atoms with Gasteiger partial charge >= 0.3 is 0 Å². The van der Waals surface area contributed by atoms with Gasteiger partial charge < -0.3 is 5.32 Å². The van der Waals surface area contributed by atoms with Crippen molar-refractivity contribution in [2.45, 2.75) is 0 Å². The van der Waals surface area contributed by atoms with E-state index in [-0.39, 0.29) is 11.4 Å². The summed E-state index contributed by atoms with van der Waals surface area (Å²) in [5.74, 6) is 0.282. The molecule has 3 rings (SSSR count). The fraction of sp³-hybridized carbons (Fsp3) is 0.0714. The van der Waals surface area contributed by atoms with Gasteiger partial charge in [-0.05, 0) is 30.3 Å². The summed E-state index contributed by atoms with van der Waals surface area (Å²) in [6, 6.07) is 9.05. The first-order valence-electron chi connectivity index (χ1n) is 6.27. The molecule has 0 saturated carbocycles. The van der Waals surface area contributed by atoms with Crippen molar-refractivity contribution in [3.8, 4) is 22.5 Å². The largest absolute Gasteiger partial charge is 0.371 e. The highest BCUT2D eigenvalue weighted by Crippen LogP contribution is 2.34. The predicted octanol–water partition coefficient (Wildman–Crippen LogP) is 2.01. The van der Waals surface area contributed by atoms with E-state index in [0.29, 0.717) is 22.8 Å². The Morgan fingerprint density at radius 1 is 1.05 bits per heavy atom. The fourth-order valence-electron chi connectivity index (χ4n) is 2.08. The van der Waals surface area contributed by atoms with E-state index < -0.39 is 0 Å². The lowest BCUT2D eigenvalue weighted by Gasteiger charge is -2.05. The van der Waals surface area contributed by atoms with Gasteiger partial charge in [-0.2, -0.15) is 10.2 Å². The number of hydrogen-bond donors (Lipinski definition) is 3. The first-order chi connectivity index (χ1) is 10.2. The van der Waals surface area contributed by atoms with Gasteiger partial charge in [0.2, 0.25) is 0 Å². The molecule has 0 bridgehead atoms. The monoisotopic (exact) mass is 285 g/mol. The van der Waals surface area contributed by atoms with Crippen molar-refractivity contribution in [3.05, 3.63) is 52.6 Å². The number of rotatable bonds is 3. The maximum atomic E-state index is 13.1. The van der Waals surface area contributed by atoms with Gasteiger partial charge in [-0.3, -0.25) is 9.89 Å². The van der Waals surface area contributed by atoms with Crippen LogP contribution in [0.3, 0.4) is 0 Å². The van der Waals surface area contributed by atoms with Crippen LogP contribution in [0.5, 0.6) is 0 Å². The lowest BCUT2D eigenvalue weighted by atomic mass is 10.0. The molecule has 106 valence electrons. The summed E-state index contributed by atoms with van der Waals surface area (Å²) in [6.45, 7) is 0. The number of anilines is 1. The second kappa shape index (κ2) is 5.20. The normalized spacial score (nSPS) is 10.6. The van der Waals surface area contributed by atoms with Crippen molar-refractivity contribution < 1.29 is 4.39 Å². The molecule has 2 aromatic heterocycles. The molecule has 1 aromatic carbocycles. The van der Waals surface area contributed by atoms with Crippen LogP contribution in [0, 0.1) is 5.82 Å². The van der Waals surface area contributed by atoms with Crippen LogP contribution in [-0.2, 0) is 0 Å². The molecule has 0 aliphatic rings. The first-order valence-corrected chi connectivity index (χ1v) is 6.27. The molecule has 0 amide bonds. The fourth-order valence-corrected chi connectivity index (χ4v) is 2.08. The first kappa shape index (κ1) is 13.0. The SMILES string of the molecule is CNc1n[nH]c(-c2ccc(F)cc2)c1-c1ccc(=O)[nH]n1. The van der Waals surface area contributed by atoms with Gasteiger partial charge in [0, 0.05) is 18.7 Å². The molecule has 0 atom stereocenters. The number of nitrogens with one attached hydrogen (secondary N) is 3. The van der Waals surface area contributed by atoms with E-state index in [0.717, 1.165) is 5.56 Å². The molecule has 0 aliphatic carbocycles. The quantitative estimate of drug-likeness (QED) is 0.687. The van der Waals surface area contributed by atoms with Crippen LogP contribution in [0.4, 0.5) is 10.2 Å². The van der Waals surface area contributed by atoms with Crippen LogP contribution in [0.15, 0.2) is 41.2 Å². The molecule has 7 heteroatoms. The summed E-state index contributed by atoms with van der Waals surface area (Å²) in [6.07, 6.45) is 0. The summed E-state index contributed by atoms with van der Waals surface area (Å²) in [5, 5.41) is 16.5. The van der Waals surface area contributed by atoms with Crippen LogP contribution >= 0.6 is 0 Å². The Kier molecular flexibility index (Phi) is 3.23. The molecule has 0 fully saturated rings. The second-order valence-electron chi connectivity index (χ2n) is 4.39. The molecule has 2 heterocycles. The van der Waals surface area contributed by atoms with Crippen molar-refractivity contribution >= 4 is 5.82 Å². The highest BCUT2D eigenvalue weighted by atomic mass is 19.1. The van der Waals surface area contributed by atoms with Crippen molar-refractivity contribution in [2.75, 3.05) is 12.4 Å². The Hall–Kier alpha value is -2.96. The zero-order chi connectivity index (χ0) is 14.8. The van der Waals surface area contributed by atoms with Crippen LogP contribution < -0.4 is 10.9 Å². The number of nitrogens with zero attached hydrogens (tertiary/aromatic N) is 2. The summed E-state index contributed by atoms with van der Waals surface area (Å²) in [5.41, 5.74) is 2.45. The van der Waals surface area contributed by atoms with E-state index in [9.17, 15) is 9.18 Å². The van der Waals surface area contributed by atoms with E-state index in [4.69, 9.17) is 0 Å². The maximum Gasteiger partial charge on any atom is 0.264 e. The molecule has 21 heavy (non-hydrogen) atoms. The van der Waals surface area contributed by atoms with Gasteiger partial charge in [-0.25, -0.2) is 9.49 Å². The number of halogens is 1. The third kappa shape index (κ3) is 2.40. The predicted molar refractivity (Wildman–Crippen MR) is 77.4 cm³/mol. The van der Waals surface area contributed by atoms with Gasteiger partial charge in [0.05, 0.1) is 17.0 Å². The Labute approximate surface area is 119 Å². The molecule has 0 unspecified atom stereocenters. The third-order valence-electron chi connectivity index (χ3n) is 3.07. The van der Waals surface area contributed by atoms with Gasteiger partial charge in [0.25, 0.3) is 5.56 Å². The van der Waals surface area contributed by atoms with Gasteiger partial charge in [-0.15, -0.1) is 0 Å². The number of hydrogen-bond acceptors (Lipinski definition) is 4. The Bertz CT molecular complexity index is 802. The van der Waals surface area contributed by atoms with Gasteiger partial charge in [0.15, 0.2) is 5.82 Å². The summed E-state index contributed by atoms with van der Waals surface area (Å²) < 4.78 is 13.1. The molecular weight excluding hydrogens is 273 g/mol. The highest BCUT2D eigenvalue weighted by molar-refractivity contribution is 5.86. The van der Waals surface area contributed by atoms with E-state index in [1.54, 1.807) is 25.2 Å². The average molecular weight is 285 g/mol.